The highest BCUT2D eigenvalue weighted by Crippen LogP contribution is 2.48. The zero-order chi connectivity index (χ0) is 24.8. The summed E-state index contributed by atoms with van der Waals surface area (Å²) in [5.41, 5.74) is 8.34. The van der Waals surface area contributed by atoms with Gasteiger partial charge in [0.2, 0.25) is 5.52 Å². The molecule has 1 aromatic heterocycles. The van der Waals surface area contributed by atoms with Crippen LogP contribution in [0.3, 0.4) is 0 Å². The van der Waals surface area contributed by atoms with Crippen LogP contribution in [-0.4, -0.2) is 7.05 Å². The van der Waals surface area contributed by atoms with E-state index in [-0.39, 0.29) is 0 Å². The van der Waals surface area contributed by atoms with Crippen molar-refractivity contribution in [1.82, 2.24) is 0 Å². The topological polar surface area (TPSA) is 7.12 Å². The summed E-state index contributed by atoms with van der Waals surface area (Å²) in [6, 6.07) is 24.7. The second-order valence-electron chi connectivity index (χ2n) is 10.4. The van der Waals surface area contributed by atoms with Crippen LogP contribution in [0.4, 0.5) is 5.69 Å². The van der Waals surface area contributed by atoms with E-state index < -0.39 is 0 Å². The second kappa shape index (κ2) is 9.57. The van der Waals surface area contributed by atoms with Gasteiger partial charge in [-0.3, -0.25) is 0 Å². The van der Waals surface area contributed by atoms with E-state index in [1.54, 1.807) is 5.57 Å². The van der Waals surface area contributed by atoms with Crippen molar-refractivity contribution < 1.29 is 4.57 Å². The predicted octanol–water partition coefficient (Wildman–Crippen LogP) is 8.39. The molecule has 2 atom stereocenters. The van der Waals surface area contributed by atoms with Crippen LogP contribution in [0.2, 0.25) is 0 Å². The number of aryl methyl sites for hydroxylation is 3. The molecule has 1 aliphatic heterocycles. The van der Waals surface area contributed by atoms with Crippen molar-refractivity contribution in [2.45, 2.75) is 43.9 Å². The molecule has 6 rings (SSSR count). The number of nitrogens with zero attached hydrogens (tertiary/aromatic N) is 2. The number of aromatic nitrogens is 1. The quantitative estimate of drug-likeness (QED) is 0.256. The Balaban J connectivity index is 1.35. The number of allylic oxidation sites excluding steroid dienone is 2. The van der Waals surface area contributed by atoms with E-state index in [0.717, 1.165) is 12.8 Å². The van der Waals surface area contributed by atoms with Gasteiger partial charge in [-0.05, 0) is 79.8 Å². The average molecular weight is 510 g/mol. The van der Waals surface area contributed by atoms with Crippen LogP contribution in [0.25, 0.3) is 16.3 Å². The van der Waals surface area contributed by atoms with E-state index in [0.29, 0.717) is 11.8 Å². The van der Waals surface area contributed by atoms with Crippen molar-refractivity contribution >= 4 is 45.1 Å². The summed E-state index contributed by atoms with van der Waals surface area (Å²) < 4.78 is 3.74. The lowest BCUT2D eigenvalue weighted by Crippen LogP contribution is -2.29. The summed E-state index contributed by atoms with van der Waals surface area (Å²) in [7, 11) is 4.42. The monoisotopic (exact) mass is 509 g/mol. The Labute approximate surface area is 223 Å². The fourth-order valence-corrected chi connectivity index (χ4v) is 8.22. The zero-order valence-electron chi connectivity index (χ0n) is 21.5. The Morgan fingerprint density at radius 2 is 1.72 bits per heavy atom. The standard InChI is InChI=1S/C32H33N2S2/c1-21-10-12-27-29(14-21)35-31(33(27)3)19-23-16-24(18-26(17-23)25-8-6-5-7-9-25)20-32-34(4)28-13-11-22(2)15-30(28)36-32/h5-15,19-20,23,26H,16-18H2,1-4H3/q+1/b24-20-,31-19-. The summed E-state index contributed by atoms with van der Waals surface area (Å²) >= 11 is 3.84. The minimum absolute atomic E-state index is 0.525. The third kappa shape index (κ3) is 4.53. The van der Waals surface area contributed by atoms with Crippen LogP contribution in [0.5, 0.6) is 0 Å². The Morgan fingerprint density at radius 1 is 0.944 bits per heavy atom. The summed E-state index contributed by atoms with van der Waals surface area (Å²) in [4.78, 5) is 3.76. The number of benzene rings is 3. The molecule has 0 N–H and O–H groups in total. The molecule has 0 bridgehead atoms. The number of hydrogen-bond donors (Lipinski definition) is 0. The van der Waals surface area contributed by atoms with Gasteiger partial charge < -0.3 is 4.90 Å². The van der Waals surface area contributed by atoms with Crippen LogP contribution < -0.4 is 9.47 Å². The van der Waals surface area contributed by atoms with Gasteiger partial charge >= 0.3 is 0 Å². The third-order valence-corrected chi connectivity index (χ3v) is 9.95. The molecule has 0 spiro atoms. The molecule has 0 amide bonds. The molecular formula is C32H33N2S2+. The van der Waals surface area contributed by atoms with Crippen molar-refractivity contribution in [1.29, 1.82) is 0 Å². The average Bonchev–Trinajstić information content (AvgIpc) is 3.34. The van der Waals surface area contributed by atoms with E-state index in [9.17, 15) is 0 Å². The van der Waals surface area contributed by atoms with E-state index >= 15 is 0 Å². The minimum Gasteiger partial charge on any atom is -0.338 e. The van der Waals surface area contributed by atoms with E-state index in [4.69, 9.17) is 0 Å². The van der Waals surface area contributed by atoms with E-state index in [2.05, 4.69) is 116 Å². The van der Waals surface area contributed by atoms with Gasteiger partial charge in [0.25, 0.3) is 5.01 Å². The van der Waals surface area contributed by atoms with Gasteiger partial charge in [0.15, 0.2) is 0 Å². The number of hydrogen-bond acceptors (Lipinski definition) is 3. The van der Waals surface area contributed by atoms with Gasteiger partial charge in [0, 0.05) is 24.1 Å². The first kappa shape index (κ1) is 23.6. The highest BCUT2D eigenvalue weighted by atomic mass is 32.2. The molecule has 0 radical (unpaired) electrons. The SMILES string of the molecule is Cc1ccc2c(c1)S/C(=C\C1C/C(=C/c3sc4cc(C)ccc4[n+]3C)CC(c3ccccc3)C1)N2C. The van der Waals surface area contributed by atoms with Gasteiger partial charge in [0.1, 0.15) is 11.7 Å². The molecule has 4 heteroatoms. The molecule has 36 heavy (non-hydrogen) atoms. The number of fused-ring (bicyclic) bond motifs is 2. The van der Waals surface area contributed by atoms with Gasteiger partial charge in [-0.2, -0.15) is 4.57 Å². The molecule has 2 unspecified atom stereocenters. The first-order valence-corrected chi connectivity index (χ1v) is 14.5. The Kier molecular flexibility index (Phi) is 6.27. The predicted molar refractivity (Wildman–Crippen MR) is 156 cm³/mol. The molecule has 2 heterocycles. The van der Waals surface area contributed by atoms with Crippen LogP contribution in [-0.2, 0) is 7.05 Å². The van der Waals surface area contributed by atoms with Gasteiger partial charge in [-0.15, -0.1) is 0 Å². The van der Waals surface area contributed by atoms with Gasteiger partial charge in [-0.25, -0.2) is 0 Å². The first-order valence-electron chi connectivity index (χ1n) is 12.8. The highest BCUT2D eigenvalue weighted by Gasteiger charge is 2.29. The van der Waals surface area contributed by atoms with Crippen LogP contribution >= 0.6 is 23.1 Å². The van der Waals surface area contributed by atoms with Crippen LogP contribution in [0.15, 0.2) is 88.3 Å². The van der Waals surface area contributed by atoms with Crippen molar-refractivity contribution in [2.24, 2.45) is 13.0 Å². The number of thiazole rings is 1. The summed E-state index contributed by atoms with van der Waals surface area (Å²) in [5.74, 6) is 1.08. The van der Waals surface area contributed by atoms with Crippen LogP contribution in [0, 0.1) is 19.8 Å². The zero-order valence-corrected chi connectivity index (χ0v) is 23.1. The lowest BCUT2D eigenvalue weighted by molar-refractivity contribution is -0.642. The van der Waals surface area contributed by atoms with E-state index in [1.807, 2.05) is 23.1 Å². The Hall–Kier alpha value is -2.82. The molecule has 182 valence electrons. The second-order valence-corrected chi connectivity index (χ2v) is 12.5. The third-order valence-electron chi connectivity index (χ3n) is 7.64. The van der Waals surface area contributed by atoms with E-state index in [1.165, 1.54) is 53.9 Å². The number of rotatable bonds is 3. The first-order chi connectivity index (χ1) is 17.4. The molecule has 2 nitrogen and oxygen atoms in total. The van der Waals surface area contributed by atoms with Gasteiger partial charge in [-0.1, -0.05) is 77.2 Å². The summed E-state index contributed by atoms with van der Waals surface area (Å²) in [6.45, 7) is 4.36. The fourth-order valence-electron chi connectivity index (χ4n) is 5.70. The van der Waals surface area contributed by atoms with Crippen LogP contribution in [0.1, 0.15) is 46.9 Å². The molecule has 1 fully saturated rings. The minimum atomic E-state index is 0.525. The lowest BCUT2D eigenvalue weighted by Gasteiger charge is -2.30. The molecule has 4 aromatic rings. The molecule has 0 saturated heterocycles. The largest absolute Gasteiger partial charge is 0.338 e. The normalized spacial score (nSPS) is 22.1. The Bertz CT molecular complexity index is 1500. The lowest BCUT2D eigenvalue weighted by atomic mass is 9.75. The molecule has 1 aliphatic carbocycles. The maximum Gasteiger partial charge on any atom is 0.262 e. The highest BCUT2D eigenvalue weighted by molar-refractivity contribution is 8.03. The number of anilines is 1. The summed E-state index contributed by atoms with van der Waals surface area (Å²) in [6.07, 6.45) is 8.51. The fraction of sp³-hybridized carbons (Fsp3) is 0.281. The maximum absolute atomic E-state index is 2.55. The molecule has 1 saturated carbocycles. The van der Waals surface area contributed by atoms with Crippen molar-refractivity contribution in [3.05, 3.63) is 105 Å². The Morgan fingerprint density at radius 3 is 2.56 bits per heavy atom. The van der Waals surface area contributed by atoms with Crippen molar-refractivity contribution in [3.8, 4) is 0 Å². The van der Waals surface area contributed by atoms with Crippen molar-refractivity contribution in [3.63, 3.8) is 0 Å². The van der Waals surface area contributed by atoms with Crippen molar-refractivity contribution in [2.75, 3.05) is 11.9 Å². The maximum atomic E-state index is 2.55. The smallest absolute Gasteiger partial charge is 0.262 e. The molecule has 2 aliphatic rings. The molecule has 3 aromatic carbocycles. The summed E-state index contributed by atoms with van der Waals surface area (Å²) in [5, 5.41) is 2.72. The van der Waals surface area contributed by atoms with Gasteiger partial charge in [0.05, 0.1) is 10.7 Å². The molecular weight excluding hydrogens is 477 g/mol. The number of thioether (sulfide) groups is 1.